The van der Waals surface area contributed by atoms with E-state index in [9.17, 15) is 0 Å². The van der Waals surface area contributed by atoms with Crippen LogP contribution in [0.5, 0.6) is 0 Å². The van der Waals surface area contributed by atoms with E-state index in [-0.39, 0.29) is 0 Å². The number of rotatable bonds is 3. The SMILES string of the molecule is Nc1cnccc1SCc1cnccn1. The summed E-state index contributed by atoms with van der Waals surface area (Å²) in [6, 6.07) is 1.90. The number of anilines is 1. The summed E-state index contributed by atoms with van der Waals surface area (Å²) < 4.78 is 0. The van der Waals surface area contributed by atoms with Crippen molar-refractivity contribution in [2.75, 3.05) is 5.73 Å². The second-order valence-electron chi connectivity index (χ2n) is 2.90. The van der Waals surface area contributed by atoms with Crippen LogP contribution >= 0.6 is 11.8 Å². The van der Waals surface area contributed by atoms with Crippen molar-refractivity contribution in [2.24, 2.45) is 0 Å². The Morgan fingerprint density at radius 1 is 1.13 bits per heavy atom. The summed E-state index contributed by atoms with van der Waals surface area (Å²) in [7, 11) is 0. The maximum atomic E-state index is 5.77. The Morgan fingerprint density at radius 2 is 2.00 bits per heavy atom. The van der Waals surface area contributed by atoms with Crippen molar-refractivity contribution in [2.45, 2.75) is 10.6 Å². The third-order valence-corrected chi connectivity index (χ3v) is 2.93. The first kappa shape index (κ1) is 9.92. The first-order chi connectivity index (χ1) is 7.36. The fourth-order valence-corrected chi connectivity index (χ4v) is 1.91. The lowest BCUT2D eigenvalue weighted by Crippen LogP contribution is -1.91. The molecule has 0 amide bonds. The lowest BCUT2D eigenvalue weighted by molar-refractivity contribution is 1.10. The second-order valence-corrected chi connectivity index (χ2v) is 3.92. The quantitative estimate of drug-likeness (QED) is 0.795. The summed E-state index contributed by atoms with van der Waals surface area (Å²) in [5.41, 5.74) is 7.41. The van der Waals surface area contributed by atoms with Gasteiger partial charge < -0.3 is 5.73 Å². The van der Waals surface area contributed by atoms with Gasteiger partial charge in [0.1, 0.15) is 0 Å². The summed E-state index contributed by atoms with van der Waals surface area (Å²) in [5.74, 6) is 0.766. The van der Waals surface area contributed by atoms with Gasteiger partial charge in [-0.1, -0.05) is 0 Å². The Balaban J connectivity index is 2.03. The molecule has 0 radical (unpaired) electrons. The monoisotopic (exact) mass is 218 g/mol. The van der Waals surface area contributed by atoms with E-state index in [0.717, 1.165) is 16.3 Å². The minimum absolute atomic E-state index is 0.700. The van der Waals surface area contributed by atoms with E-state index in [1.54, 1.807) is 42.7 Å². The highest BCUT2D eigenvalue weighted by molar-refractivity contribution is 7.98. The molecule has 0 aliphatic heterocycles. The molecule has 0 unspecified atom stereocenters. The normalized spacial score (nSPS) is 10.1. The molecule has 15 heavy (non-hydrogen) atoms. The molecular weight excluding hydrogens is 208 g/mol. The summed E-state index contributed by atoms with van der Waals surface area (Å²) in [5, 5.41) is 0. The molecule has 0 spiro atoms. The van der Waals surface area contributed by atoms with Crippen molar-refractivity contribution in [3.05, 3.63) is 42.7 Å². The van der Waals surface area contributed by atoms with Gasteiger partial charge in [-0.2, -0.15) is 0 Å². The van der Waals surface area contributed by atoms with Crippen molar-refractivity contribution >= 4 is 17.4 Å². The van der Waals surface area contributed by atoms with Crippen LogP contribution in [0.1, 0.15) is 5.69 Å². The largest absolute Gasteiger partial charge is 0.397 e. The van der Waals surface area contributed by atoms with E-state index in [1.165, 1.54) is 0 Å². The van der Waals surface area contributed by atoms with Crippen LogP contribution in [0, 0.1) is 0 Å². The van der Waals surface area contributed by atoms with Crippen LogP contribution in [0.25, 0.3) is 0 Å². The molecule has 0 aliphatic rings. The highest BCUT2D eigenvalue weighted by Crippen LogP contribution is 2.25. The zero-order valence-electron chi connectivity index (χ0n) is 8.00. The lowest BCUT2D eigenvalue weighted by Gasteiger charge is -2.03. The van der Waals surface area contributed by atoms with Gasteiger partial charge in [-0.3, -0.25) is 15.0 Å². The maximum absolute atomic E-state index is 5.77. The van der Waals surface area contributed by atoms with Crippen molar-refractivity contribution in [1.82, 2.24) is 15.0 Å². The van der Waals surface area contributed by atoms with Crippen molar-refractivity contribution in [3.63, 3.8) is 0 Å². The Bertz CT molecular complexity index is 432. The standard InChI is InChI=1S/C10H10N4S/c11-9-6-12-2-1-10(9)15-7-8-5-13-3-4-14-8/h1-6H,7,11H2. The van der Waals surface area contributed by atoms with Crippen LogP contribution in [0.4, 0.5) is 5.69 Å². The molecule has 0 aromatic carbocycles. The summed E-state index contributed by atoms with van der Waals surface area (Å²) in [6.45, 7) is 0. The molecule has 0 fully saturated rings. The van der Waals surface area contributed by atoms with Gasteiger partial charge in [-0.15, -0.1) is 11.8 Å². The Hall–Kier alpha value is -1.62. The van der Waals surface area contributed by atoms with Crippen molar-refractivity contribution in [1.29, 1.82) is 0 Å². The molecule has 2 heterocycles. The number of hydrogen-bond acceptors (Lipinski definition) is 5. The molecule has 0 bridgehead atoms. The average Bonchev–Trinajstić information content (AvgIpc) is 2.29. The predicted molar refractivity (Wildman–Crippen MR) is 60.2 cm³/mol. The molecular formula is C10H10N4S. The van der Waals surface area contributed by atoms with Gasteiger partial charge in [-0.05, 0) is 6.07 Å². The van der Waals surface area contributed by atoms with Crippen LogP contribution < -0.4 is 5.73 Å². The van der Waals surface area contributed by atoms with E-state index in [2.05, 4.69) is 15.0 Å². The molecule has 0 saturated heterocycles. The smallest absolute Gasteiger partial charge is 0.0689 e. The molecule has 0 saturated carbocycles. The molecule has 2 aromatic heterocycles. The number of thioether (sulfide) groups is 1. The van der Waals surface area contributed by atoms with Crippen molar-refractivity contribution < 1.29 is 0 Å². The van der Waals surface area contributed by atoms with Gasteiger partial charge in [-0.25, -0.2) is 0 Å². The topological polar surface area (TPSA) is 64.7 Å². The molecule has 2 rings (SSSR count). The highest BCUT2D eigenvalue weighted by Gasteiger charge is 2.00. The van der Waals surface area contributed by atoms with Gasteiger partial charge in [0.25, 0.3) is 0 Å². The van der Waals surface area contributed by atoms with E-state index in [0.29, 0.717) is 5.69 Å². The number of nitrogens with two attached hydrogens (primary N) is 1. The fraction of sp³-hybridized carbons (Fsp3) is 0.100. The molecule has 2 aromatic rings. The average molecular weight is 218 g/mol. The Labute approximate surface area is 92.0 Å². The zero-order valence-corrected chi connectivity index (χ0v) is 8.81. The van der Waals surface area contributed by atoms with E-state index in [1.807, 2.05) is 6.07 Å². The number of aromatic nitrogens is 3. The summed E-state index contributed by atoms with van der Waals surface area (Å²) in [6.07, 6.45) is 8.49. The highest BCUT2D eigenvalue weighted by atomic mass is 32.2. The summed E-state index contributed by atoms with van der Waals surface area (Å²) >= 11 is 1.63. The van der Waals surface area contributed by atoms with Crippen molar-refractivity contribution in [3.8, 4) is 0 Å². The Kier molecular flexibility index (Phi) is 3.14. The predicted octanol–water partition coefficient (Wildman–Crippen LogP) is 1.75. The number of nitrogen functional groups attached to an aromatic ring is 1. The van der Waals surface area contributed by atoms with Gasteiger partial charge in [0.2, 0.25) is 0 Å². The van der Waals surface area contributed by atoms with Crippen LogP contribution in [0.15, 0.2) is 41.9 Å². The minimum Gasteiger partial charge on any atom is -0.397 e. The Morgan fingerprint density at radius 3 is 2.73 bits per heavy atom. The molecule has 2 N–H and O–H groups in total. The minimum atomic E-state index is 0.700. The van der Waals surface area contributed by atoms with Crippen LogP contribution in [-0.2, 0) is 5.75 Å². The first-order valence-electron chi connectivity index (χ1n) is 4.43. The van der Waals surface area contributed by atoms with Crippen LogP contribution in [0.3, 0.4) is 0 Å². The molecule has 0 aliphatic carbocycles. The third-order valence-electron chi connectivity index (χ3n) is 1.80. The maximum Gasteiger partial charge on any atom is 0.0689 e. The molecule has 5 heteroatoms. The van der Waals surface area contributed by atoms with E-state index in [4.69, 9.17) is 5.73 Å². The molecule has 4 nitrogen and oxygen atoms in total. The first-order valence-corrected chi connectivity index (χ1v) is 5.42. The number of pyridine rings is 1. The zero-order chi connectivity index (χ0) is 10.5. The van der Waals surface area contributed by atoms with Gasteiger partial charge in [0.05, 0.1) is 17.6 Å². The van der Waals surface area contributed by atoms with Gasteiger partial charge >= 0.3 is 0 Å². The fourth-order valence-electron chi connectivity index (χ4n) is 1.08. The third kappa shape index (κ3) is 2.66. The van der Waals surface area contributed by atoms with Gasteiger partial charge in [0.15, 0.2) is 0 Å². The van der Waals surface area contributed by atoms with E-state index < -0.39 is 0 Å². The van der Waals surface area contributed by atoms with E-state index >= 15 is 0 Å². The van der Waals surface area contributed by atoms with Crippen LogP contribution in [-0.4, -0.2) is 15.0 Å². The van der Waals surface area contributed by atoms with Gasteiger partial charge in [0, 0.05) is 35.4 Å². The second kappa shape index (κ2) is 4.75. The summed E-state index contributed by atoms with van der Waals surface area (Å²) in [4.78, 5) is 13.1. The van der Waals surface area contributed by atoms with Crippen LogP contribution in [0.2, 0.25) is 0 Å². The number of nitrogens with zero attached hydrogens (tertiary/aromatic N) is 3. The molecule has 76 valence electrons. The molecule has 0 atom stereocenters. The number of hydrogen-bond donors (Lipinski definition) is 1. The lowest BCUT2D eigenvalue weighted by atomic mass is 10.4.